The highest BCUT2D eigenvalue weighted by atomic mass is 19.1. The first kappa shape index (κ1) is 17.9. The highest BCUT2D eigenvalue weighted by molar-refractivity contribution is 5.97. The average Bonchev–Trinajstić information content (AvgIpc) is 2.54. The largest absolute Gasteiger partial charge is 0.481 e. The third-order valence-corrected chi connectivity index (χ3v) is 4.10. The van der Waals surface area contributed by atoms with E-state index >= 15 is 0 Å². The molecule has 2 rings (SSSR count). The Hall–Kier alpha value is -2.44. The first-order valence-corrected chi connectivity index (χ1v) is 7.95. The lowest BCUT2D eigenvalue weighted by Crippen LogP contribution is -2.40. The summed E-state index contributed by atoms with van der Waals surface area (Å²) in [6.45, 7) is 2.36. The molecule has 1 atom stereocenters. The van der Waals surface area contributed by atoms with Crippen LogP contribution in [0.25, 0.3) is 0 Å². The van der Waals surface area contributed by atoms with Crippen molar-refractivity contribution >= 4 is 23.5 Å². The molecule has 7 heteroatoms. The number of nitrogens with one attached hydrogen (secondary N) is 1. The SMILES string of the molecule is CC(=O)Nc1cc(C(=O)N2CCCC(CCC(=O)O)C2)ccc1F. The minimum absolute atomic E-state index is 0.0206. The van der Waals surface area contributed by atoms with Crippen molar-refractivity contribution in [3.63, 3.8) is 0 Å². The normalized spacial score (nSPS) is 17.4. The van der Waals surface area contributed by atoms with Gasteiger partial charge in [0, 0.05) is 32.0 Å². The summed E-state index contributed by atoms with van der Waals surface area (Å²) in [7, 11) is 0. The number of carboxylic acids is 1. The number of hydrogen-bond donors (Lipinski definition) is 2. The van der Waals surface area contributed by atoms with Crippen LogP contribution >= 0.6 is 0 Å². The quantitative estimate of drug-likeness (QED) is 0.865. The Balaban J connectivity index is 2.07. The van der Waals surface area contributed by atoms with E-state index < -0.39 is 17.7 Å². The van der Waals surface area contributed by atoms with Crippen LogP contribution in [0, 0.1) is 11.7 Å². The number of carbonyl (C=O) groups is 3. The molecule has 0 spiro atoms. The van der Waals surface area contributed by atoms with Crippen molar-refractivity contribution in [1.82, 2.24) is 4.90 Å². The second-order valence-corrected chi connectivity index (χ2v) is 6.07. The van der Waals surface area contributed by atoms with Crippen LogP contribution < -0.4 is 5.32 Å². The maximum atomic E-state index is 13.7. The van der Waals surface area contributed by atoms with Gasteiger partial charge in [-0.1, -0.05) is 0 Å². The fourth-order valence-corrected chi connectivity index (χ4v) is 2.94. The number of carbonyl (C=O) groups excluding carboxylic acids is 2. The Morgan fingerprint density at radius 1 is 1.38 bits per heavy atom. The van der Waals surface area contributed by atoms with Crippen molar-refractivity contribution in [3.8, 4) is 0 Å². The number of likely N-dealkylation sites (tertiary alicyclic amines) is 1. The number of halogens is 1. The zero-order valence-electron chi connectivity index (χ0n) is 13.5. The van der Waals surface area contributed by atoms with E-state index in [1.54, 1.807) is 4.90 Å². The molecule has 24 heavy (non-hydrogen) atoms. The standard InChI is InChI=1S/C17H21FN2O4/c1-11(21)19-15-9-13(5-6-14(15)18)17(24)20-8-2-3-12(10-20)4-7-16(22)23/h5-6,9,12H,2-4,7-8,10H2,1H3,(H,19,21)(H,22,23). The fraction of sp³-hybridized carbons (Fsp3) is 0.471. The molecule has 1 saturated heterocycles. The molecule has 1 aromatic rings. The fourth-order valence-electron chi connectivity index (χ4n) is 2.94. The van der Waals surface area contributed by atoms with Gasteiger partial charge in [0.2, 0.25) is 5.91 Å². The van der Waals surface area contributed by atoms with E-state index in [1.165, 1.54) is 19.1 Å². The second kappa shape index (κ2) is 7.90. The molecular weight excluding hydrogens is 315 g/mol. The first-order chi connectivity index (χ1) is 11.4. The number of aliphatic carboxylic acids is 1. The smallest absolute Gasteiger partial charge is 0.303 e. The third kappa shape index (κ3) is 4.78. The lowest BCUT2D eigenvalue weighted by Gasteiger charge is -2.32. The molecule has 1 fully saturated rings. The van der Waals surface area contributed by atoms with Crippen molar-refractivity contribution in [2.75, 3.05) is 18.4 Å². The van der Waals surface area contributed by atoms with Gasteiger partial charge in [0.1, 0.15) is 5.82 Å². The van der Waals surface area contributed by atoms with Crippen molar-refractivity contribution in [2.24, 2.45) is 5.92 Å². The van der Waals surface area contributed by atoms with Crippen molar-refractivity contribution in [2.45, 2.75) is 32.6 Å². The number of carboxylic acid groups (broad SMARTS) is 1. The lowest BCUT2D eigenvalue weighted by molar-refractivity contribution is -0.137. The molecule has 2 N–H and O–H groups in total. The van der Waals surface area contributed by atoms with Gasteiger partial charge in [-0.25, -0.2) is 4.39 Å². The monoisotopic (exact) mass is 336 g/mol. The molecule has 0 radical (unpaired) electrons. The molecule has 0 aliphatic carbocycles. The summed E-state index contributed by atoms with van der Waals surface area (Å²) in [6.07, 6.45) is 2.35. The average molecular weight is 336 g/mol. The molecule has 1 aromatic carbocycles. The van der Waals surface area contributed by atoms with Gasteiger partial charge in [-0.3, -0.25) is 14.4 Å². The van der Waals surface area contributed by atoms with Gasteiger partial charge in [-0.2, -0.15) is 0 Å². The first-order valence-electron chi connectivity index (χ1n) is 7.95. The van der Waals surface area contributed by atoms with Gasteiger partial charge < -0.3 is 15.3 Å². The number of anilines is 1. The summed E-state index contributed by atoms with van der Waals surface area (Å²) in [5, 5.41) is 11.1. The van der Waals surface area contributed by atoms with Crippen LogP contribution in [0.5, 0.6) is 0 Å². The Morgan fingerprint density at radius 2 is 2.12 bits per heavy atom. The van der Waals surface area contributed by atoms with E-state index in [-0.39, 0.29) is 23.9 Å². The lowest BCUT2D eigenvalue weighted by atomic mass is 9.93. The second-order valence-electron chi connectivity index (χ2n) is 6.07. The summed E-state index contributed by atoms with van der Waals surface area (Å²) in [5.74, 6) is -1.92. The number of nitrogens with zero attached hydrogens (tertiary/aromatic N) is 1. The molecular formula is C17H21FN2O4. The van der Waals surface area contributed by atoms with E-state index in [4.69, 9.17) is 5.11 Å². The van der Waals surface area contributed by atoms with Crippen LogP contribution in [0.3, 0.4) is 0 Å². The minimum Gasteiger partial charge on any atom is -0.481 e. The molecule has 2 amide bonds. The summed E-state index contributed by atoms with van der Waals surface area (Å²) < 4.78 is 13.7. The molecule has 0 saturated carbocycles. The summed E-state index contributed by atoms with van der Waals surface area (Å²) in [4.78, 5) is 36.1. The molecule has 1 unspecified atom stereocenters. The van der Waals surface area contributed by atoms with Crippen LogP contribution in [0.15, 0.2) is 18.2 Å². The van der Waals surface area contributed by atoms with Crippen molar-refractivity contribution in [3.05, 3.63) is 29.6 Å². The number of piperidine rings is 1. The molecule has 6 nitrogen and oxygen atoms in total. The number of amides is 2. The predicted octanol–water partition coefficient (Wildman–Crippen LogP) is 2.50. The molecule has 1 heterocycles. The summed E-state index contributed by atoms with van der Waals surface area (Å²) in [5.41, 5.74) is 0.284. The minimum atomic E-state index is -0.836. The molecule has 0 bridgehead atoms. The van der Waals surface area contributed by atoms with Crippen LogP contribution in [0.1, 0.15) is 43.0 Å². The van der Waals surface area contributed by atoms with Crippen LogP contribution in [-0.4, -0.2) is 40.9 Å². The maximum Gasteiger partial charge on any atom is 0.303 e. The third-order valence-electron chi connectivity index (χ3n) is 4.10. The number of hydrogen-bond acceptors (Lipinski definition) is 3. The maximum absolute atomic E-state index is 13.7. The van der Waals surface area contributed by atoms with Crippen LogP contribution in [0.4, 0.5) is 10.1 Å². The van der Waals surface area contributed by atoms with Crippen molar-refractivity contribution < 1.29 is 23.9 Å². The van der Waals surface area contributed by atoms with E-state index in [1.807, 2.05) is 0 Å². The van der Waals surface area contributed by atoms with Gasteiger partial charge in [-0.15, -0.1) is 0 Å². The van der Waals surface area contributed by atoms with Gasteiger partial charge in [0.05, 0.1) is 5.69 Å². The van der Waals surface area contributed by atoms with Gasteiger partial charge in [-0.05, 0) is 43.4 Å². The highest BCUT2D eigenvalue weighted by Gasteiger charge is 2.25. The number of rotatable bonds is 5. The Labute approximate surface area is 139 Å². The Morgan fingerprint density at radius 3 is 2.79 bits per heavy atom. The van der Waals surface area contributed by atoms with Gasteiger partial charge in [0.25, 0.3) is 5.91 Å². The molecule has 130 valence electrons. The molecule has 0 aromatic heterocycles. The zero-order chi connectivity index (χ0) is 17.7. The van der Waals surface area contributed by atoms with E-state index in [0.29, 0.717) is 25.1 Å². The zero-order valence-corrected chi connectivity index (χ0v) is 13.5. The topological polar surface area (TPSA) is 86.7 Å². The number of benzene rings is 1. The Kier molecular flexibility index (Phi) is 5.89. The van der Waals surface area contributed by atoms with Crippen LogP contribution in [0.2, 0.25) is 0 Å². The van der Waals surface area contributed by atoms with E-state index in [2.05, 4.69) is 5.32 Å². The van der Waals surface area contributed by atoms with E-state index in [9.17, 15) is 18.8 Å². The highest BCUT2D eigenvalue weighted by Crippen LogP contribution is 2.24. The van der Waals surface area contributed by atoms with Gasteiger partial charge in [0.15, 0.2) is 0 Å². The summed E-state index contributed by atoms with van der Waals surface area (Å²) >= 11 is 0. The van der Waals surface area contributed by atoms with Crippen molar-refractivity contribution in [1.29, 1.82) is 0 Å². The predicted molar refractivity (Wildman–Crippen MR) is 86.2 cm³/mol. The Bertz CT molecular complexity index is 647. The van der Waals surface area contributed by atoms with E-state index in [0.717, 1.165) is 18.9 Å². The summed E-state index contributed by atoms with van der Waals surface area (Å²) in [6, 6.07) is 3.88. The molecule has 1 aliphatic heterocycles. The van der Waals surface area contributed by atoms with Gasteiger partial charge >= 0.3 is 5.97 Å². The molecule has 1 aliphatic rings. The van der Waals surface area contributed by atoms with Crippen LogP contribution in [-0.2, 0) is 9.59 Å².